The van der Waals surface area contributed by atoms with Crippen LogP contribution in [0.25, 0.3) is 21.8 Å². The Morgan fingerprint density at radius 1 is 0.909 bits per heavy atom. The summed E-state index contributed by atoms with van der Waals surface area (Å²) >= 11 is 0. The first kappa shape index (κ1) is 14.3. The molecule has 2 aromatic carbocycles. The average Bonchev–Trinajstić information content (AvgIpc) is 2.46. The molecule has 0 amide bonds. The minimum absolute atomic E-state index is 0.0778. The van der Waals surface area contributed by atoms with Gasteiger partial charge in [-0.25, -0.2) is 9.36 Å². The highest BCUT2D eigenvalue weighted by Crippen LogP contribution is 2.21. The normalized spacial score (nSPS) is 11.8. The Kier molecular flexibility index (Phi) is 3.24. The highest BCUT2D eigenvalue weighted by Gasteiger charge is 2.21. The molecule has 4 heteroatoms. The van der Waals surface area contributed by atoms with Crippen molar-refractivity contribution in [2.45, 2.75) is 26.4 Å². The number of benzene rings is 2. The Bertz CT molecular complexity index is 872. The molecule has 112 valence electrons. The molecule has 0 N–H and O–H groups in total. The van der Waals surface area contributed by atoms with Gasteiger partial charge >= 0.3 is 6.09 Å². The van der Waals surface area contributed by atoms with Gasteiger partial charge in [0, 0.05) is 10.8 Å². The molecule has 0 saturated heterocycles. The van der Waals surface area contributed by atoms with Crippen LogP contribution in [0.3, 0.4) is 0 Å². The Morgan fingerprint density at radius 3 is 1.82 bits per heavy atom. The van der Waals surface area contributed by atoms with Gasteiger partial charge in [0.15, 0.2) is 5.43 Å². The zero-order valence-corrected chi connectivity index (χ0v) is 12.8. The number of nitrogens with zero attached hydrogens (tertiary/aromatic N) is 1. The fraction of sp³-hybridized carbons (Fsp3) is 0.222. The van der Waals surface area contributed by atoms with E-state index in [0.29, 0.717) is 21.8 Å². The predicted octanol–water partition coefficient (Wildman–Crippen LogP) is 3.94. The molecule has 0 unspecified atom stereocenters. The predicted molar refractivity (Wildman–Crippen MR) is 87.3 cm³/mol. The van der Waals surface area contributed by atoms with Crippen LogP contribution in [0.1, 0.15) is 20.8 Å². The molecule has 0 fully saturated rings. The molecule has 0 aliphatic rings. The molecule has 1 aromatic heterocycles. The average molecular weight is 295 g/mol. The van der Waals surface area contributed by atoms with E-state index in [1.807, 2.05) is 20.8 Å². The van der Waals surface area contributed by atoms with Crippen LogP contribution in [0, 0.1) is 0 Å². The third-order valence-electron chi connectivity index (χ3n) is 3.36. The molecule has 0 atom stereocenters. The van der Waals surface area contributed by atoms with Gasteiger partial charge in [-0.05, 0) is 45.0 Å². The van der Waals surface area contributed by atoms with E-state index >= 15 is 0 Å². The van der Waals surface area contributed by atoms with Crippen molar-refractivity contribution in [3.05, 3.63) is 58.8 Å². The molecular weight excluding hydrogens is 278 g/mol. The van der Waals surface area contributed by atoms with Crippen molar-refractivity contribution in [3.63, 3.8) is 0 Å². The van der Waals surface area contributed by atoms with Gasteiger partial charge in [0.2, 0.25) is 0 Å². The number of hydrogen-bond acceptors (Lipinski definition) is 3. The molecule has 3 rings (SSSR count). The van der Waals surface area contributed by atoms with Crippen LogP contribution >= 0.6 is 0 Å². The summed E-state index contributed by atoms with van der Waals surface area (Å²) in [5.74, 6) is 0. The maximum Gasteiger partial charge on any atom is 0.419 e. The number of carbonyl (C=O) groups is 1. The zero-order chi connectivity index (χ0) is 15.9. The summed E-state index contributed by atoms with van der Waals surface area (Å²) in [6.07, 6.45) is -0.486. The fourth-order valence-corrected chi connectivity index (χ4v) is 2.50. The third kappa shape index (κ3) is 2.37. The molecule has 0 saturated carbocycles. The van der Waals surface area contributed by atoms with Crippen LogP contribution in [0.15, 0.2) is 53.3 Å². The first-order valence-corrected chi connectivity index (χ1v) is 7.14. The van der Waals surface area contributed by atoms with Crippen molar-refractivity contribution in [1.82, 2.24) is 4.57 Å². The third-order valence-corrected chi connectivity index (χ3v) is 3.36. The molecule has 1 heterocycles. The largest absolute Gasteiger partial charge is 0.443 e. The van der Waals surface area contributed by atoms with E-state index in [9.17, 15) is 9.59 Å². The van der Waals surface area contributed by atoms with Gasteiger partial charge in [0.1, 0.15) is 5.60 Å². The minimum Gasteiger partial charge on any atom is -0.443 e. The van der Waals surface area contributed by atoms with Crippen LogP contribution in [0.4, 0.5) is 4.79 Å². The number of hydrogen-bond donors (Lipinski definition) is 0. The van der Waals surface area contributed by atoms with E-state index in [4.69, 9.17) is 4.74 Å². The summed E-state index contributed by atoms with van der Waals surface area (Å²) in [7, 11) is 0. The van der Waals surface area contributed by atoms with Crippen molar-refractivity contribution in [2.24, 2.45) is 0 Å². The molecule has 22 heavy (non-hydrogen) atoms. The van der Waals surface area contributed by atoms with Crippen LogP contribution in [0.2, 0.25) is 0 Å². The molecule has 3 aromatic rings. The Labute approximate surface area is 127 Å². The molecule has 0 bridgehead atoms. The van der Waals surface area contributed by atoms with E-state index in [0.717, 1.165) is 0 Å². The number of fused-ring (bicyclic) bond motifs is 2. The van der Waals surface area contributed by atoms with Crippen LogP contribution in [-0.2, 0) is 4.74 Å². The van der Waals surface area contributed by atoms with Crippen molar-refractivity contribution in [2.75, 3.05) is 0 Å². The molecule has 4 nitrogen and oxygen atoms in total. The monoisotopic (exact) mass is 295 g/mol. The van der Waals surface area contributed by atoms with E-state index in [1.54, 1.807) is 48.5 Å². The number of ether oxygens (including phenoxy) is 1. The molecule has 0 radical (unpaired) electrons. The van der Waals surface area contributed by atoms with E-state index in [1.165, 1.54) is 4.57 Å². The first-order chi connectivity index (χ1) is 10.4. The minimum atomic E-state index is -0.609. The highest BCUT2D eigenvalue weighted by molar-refractivity contribution is 6.00. The molecule has 0 spiro atoms. The van der Waals surface area contributed by atoms with Gasteiger partial charge in [-0.15, -0.1) is 0 Å². The second-order valence-electron chi connectivity index (χ2n) is 6.18. The summed E-state index contributed by atoms with van der Waals surface area (Å²) in [6.45, 7) is 5.45. The summed E-state index contributed by atoms with van der Waals surface area (Å²) in [6, 6.07) is 14.2. The second-order valence-corrected chi connectivity index (χ2v) is 6.18. The zero-order valence-electron chi connectivity index (χ0n) is 12.8. The second kappa shape index (κ2) is 4.98. The summed E-state index contributed by atoms with van der Waals surface area (Å²) in [5, 5.41) is 1.01. The molecular formula is C18H17NO3. The van der Waals surface area contributed by atoms with Crippen LogP contribution in [0.5, 0.6) is 0 Å². The van der Waals surface area contributed by atoms with Gasteiger partial charge in [-0.2, -0.15) is 0 Å². The first-order valence-electron chi connectivity index (χ1n) is 7.14. The van der Waals surface area contributed by atoms with Gasteiger partial charge < -0.3 is 4.74 Å². The number of pyridine rings is 1. The number of carbonyl (C=O) groups excluding carboxylic acids is 1. The lowest BCUT2D eigenvalue weighted by molar-refractivity contribution is 0.0551. The van der Waals surface area contributed by atoms with E-state index in [-0.39, 0.29) is 5.43 Å². The fourth-order valence-electron chi connectivity index (χ4n) is 2.50. The SMILES string of the molecule is CC(C)(C)OC(=O)n1c2ccccc2c(=O)c2ccccc21. The van der Waals surface area contributed by atoms with E-state index in [2.05, 4.69) is 0 Å². The molecule has 0 aliphatic heterocycles. The quantitative estimate of drug-likeness (QED) is 0.590. The van der Waals surface area contributed by atoms with Gasteiger partial charge in [0.05, 0.1) is 11.0 Å². The lowest BCUT2D eigenvalue weighted by Crippen LogP contribution is -2.28. The topological polar surface area (TPSA) is 48.3 Å². The van der Waals surface area contributed by atoms with Crippen molar-refractivity contribution in [3.8, 4) is 0 Å². The standard InChI is InChI=1S/C18H17NO3/c1-18(2,3)22-17(21)19-14-10-6-4-8-12(14)16(20)13-9-5-7-11-15(13)19/h4-11H,1-3H3. The van der Waals surface area contributed by atoms with E-state index < -0.39 is 11.7 Å². The van der Waals surface area contributed by atoms with Gasteiger partial charge in [-0.3, -0.25) is 4.79 Å². The maximum atomic E-state index is 12.6. The van der Waals surface area contributed by atoms with Crippen molar-refractivity contribution >= 4 is 27.9 Å². The smallest absolute Gasteiger partial charge is 0.419 e. The molecule has 0 aliphatic carbocycles. The number of rotatable bonds is 0. The Morgan fingerprint density at radius 2 is 1.36 bits per heavy atom. The van der Waals surface area contributed by atoms with Crippen molar-refractivity contribution in [1.29, 1.82) is 0 Å². The van der Waals surface area contributed by atoms with Crippen LogP contribution in [-0.4, -0.2) is 16.3 Å². The number of aromatic nitrogens is 1. The lowest BCUT2D eigenvalue weighted by Gasteiger charge is -2.22. The van der Waals surface area contributed by atoms with Gasteiger partial charge in [-0.1, -0.05) is 24.3 Å². The maximum absolute atomic E-state index is 12.6. The van der Waals surface area contributed by atoms with Gasteiger partial charge in [0.25, 0.3) is 0 Å². The van der Waals surface area contributed by atoms with Crippen LogP contribution < -0.4 is 5.43 Å². The Hall–Kier alpha value is -2.62. The highest BCUT2D eigenvalue weighted by atomic mass is 16.6. The Balaban J connectivity index is 2.42. The summed E-state index contributed by atoms with van der Waals surface area (Å²) in [5.41, 5.74) is 0.425. The summed E-state index contributed by atoms with van der Waals surface area (Å²) in [4.78, 5) is 25.2. The summed E-state index contributed by atoms with van der Waals surface area (Å²) < 4.78 is 6.97. The van der Waals surface area contributed by atoms with Crippen molar-refractivity contribution < 1.29 is 9.53 Å². The lowest BCUT2D eigenvalue weighted by atomic mass is 10.1. The number of para-hydroxylation sites is 2.